The second-order valence-electron chi connectivity index (χ2n) is 9.19. The fourth-order valence-corrected chi connectivity index (χ4v) is 4.91. The molecular formula is C24H28N2O. The van der Waals surface area contributed by atoms with E-state index in [0.29, 0.717) is 12.3 Å². The quantitative estimate of drug-likeness (QED) is 0.760. The smallest absolute Gasteiger partial charge is 0.162 e. The number of Topliss-reactive ketones (excluding diaryl/α,β-unsaturated/α-hetero) is 1. The van der Waals surface area contributed by atoms with Gasteiger partial charge in [-0.05, 0) is 41.9 Å². The predicted molar refractivity (Wildman–Crippen MR) is 110 cm³/mol. The van der Waals surface area contributed by atoms with Crippen molar-refractivity contribution in [3.63, 3.8) is 0 Å². The molecule has 4 rings (SSSR count). The first-order valence-electron chi connectivity index (χ1n) is 9.83. The number of hydrogen-bond acceptors (Lipinski definition) is 3. The van der Waals surface area contributed by atoms with Crippen molar-refractivity contribution < 1.29 is 4.79 Å². The van der Waals surface area contributed by atoms with E-state index in [1.807, 2.05) is 12.3 Å². The molecular weight excluding hydrogens is 332 g/mol. The van der Waals surface area contributed by atoms with Crippen LogP contribution in [0.25, 0.3) is 0 Å². The van der Waals surface area contributed by atoms with Crippen LogP contribution in [0, 0.1) is 5.41 Å². The molecule has 3 heteroatoms. The molecule has 0 spiro atoms. The van der Waals surface area contributed by atoms with Crippen LogP contribution in [-0.4, -0.2) is 10.8 Å². The number of pyridine rings is 1. The van der Waals surface area contributed by atoms with Crippen LogP contribution in [0.5, 0.6) is 0 Å². The molecule has 0 amide bonds. The molecule has 0 bridgehead atoms. The van der Waals surface area contributed by atoms with Crippen molar-refractivity contribution in [3.8, 4) is 0 Å². The fourth-order valence-electron chi connectivity index (χ4n) is 4.91. The topological polar surface area (TPSA) is 42.0 Å². The van der Waals surface area contributed by atoms with Gasteiger partial charge in [0, 0.05) is 29.5 Å². The summed E-state index contributed by atoms with van der Waals surface area (Å²) in [4.78, 5) is 18.1. The number of anilines is 1. The van der Waals surface area contributed by atoms with E-state index in [1.54, 1.807) is 0 Å². The minimum absolute atomic E-state index is 0.0341. The highest BCUT2D eigenvalue weighted by Gasteiger charge is 2.48. The zero-order valence-electron chi connectivity index (χ0n) is 16.9. The Balaban J connectivity index is 2.06. The van der Waals surface area contributed by atoms with Gasteiger partial charge in [0.25, 0.3) is 0 Å². The third-order valence-corrected chi connectivity index (χ3v) is 6.10. The van der Waals surface area contributed by atoms with Crippen molar-refractivity contribution in [1.29, 1.82) is 0 Å². The maximum absolute atomic E-state index is 13.4. The molecule has 0 fully saturated rings. The van der Waals surface area contributed by atoms with E-state index in [1.165, 1.54) is 5.56 Å². The molecule has 1 aromatic heterocycles. The number of hydrogen-bond donors (Lipinski definition) is 1. The first-order valence-corrected chi connectivity index (χ1v) is 9.83. The Hall–Kier alpha value is -2.42. The van der Waals surface area contributed by atoms with E-state index in [9.17, 15) is 4.79 Å². The number of fused-ring (bicyclic) bond motifs is 1. The number of carbonyl (C=O) groups is 1. The molecule has 2 heterocycles. The molecule has 140 valence electrons. The highest BCUT2D eigenvalue weighted by molar-refractivity contribution is 6.03. The van der Waals surface area contributed by atoms with Gasteiger partial charge in [0.15, 0.2) is 5.78 Å². The Morgan fingerprint density at radius 1 is 1.04 bits per heavy atom. The van der Waals surface area contributed by atoms with Gasteiger partial charge < -0.3 is 5.32 Å². The number of benzene rings is 1. The van der Waals surface area contributed by atoms with Crippen LogP contribution in [0.15, 0.2) is 53.9 Å². The molecule has 1 atom stereocenters. The summed E-state index contributed by atoms with van der Waals surface area (Å²) in [5.74, 6) is 1.50. The number of nitrogens with one attached hydrogen (secondary N) is 1. The Kier molecular flexibility index (Phi) is 4.03. The van der Waals surface area contributed by atoms with Crippen molar-refractivity contribution in [3.05, 3.63) is 70.6 Å². The Morgan fingerprint density at radius 2 is 1.74 bits per heavy atom. The molecule has 2 aliphatic rings. The molecule has 0 radical (unpaired) electrons. The summed E-state index contributed by atoms with van der Waals surface area (Å²) in [5, 5.41) is 3.55. The first-order chi connectivity index (χ1) is 12.7. The van der Waals surface area contributed by atoms with Crippen LogP contribution in [0.4, 0.5) is 5.82 Å². The van der Waals surface area contributed by atoms with Crippen LogP contribution in [0.1, 0.15) is 70.1 Å². The molecule has 0 saturated heterocycles. The number of carbonyl (C=O) groups excluding carboxylic acids is 1. The maximum Gasteiger partial charge on any atom is 0.162 e. The minimum Gasteiger partial charge on any atom is -0.343 e. The number of allylic oxidation sites excluding steroid dienone is 2. The van der Waals surface area contributed by atoms with Crippen molar-refractivity contribution in [2.24, 2.45) is 5.41 Å². The molecule has 1 aliphatic carbocycles. The van der Waals surface area contributed by atoms with Crippen molar-refractivity contribution >= 4 is 11.6 Å². The molecule has 1 aromatic carbocycles. The van der Waals surface area contributed by atoms with E-state index in [0.717, 1.165) is 34.6 Å². The van der Waals surface area contributed by atoms with Crippen LogP contribution in [-0.2, 0) is 10.2 Å². The lowest BCUT2D eigenvalue weighted by Gasteiger charge is -2.45. The van der Waals surface area contributed by atoms with Gasteiger partial charge in [-0.25, -0.2) is 4.98 Å². The molecule has 0 saturated carbocycles. The lowest BCUT2D eigenvalue weighted by molar-refractivity contribution is -0.118. The van der Waals surface area contributed by atoms with E-state index < -0.39 is 5.41 Å². The predicted octanol–water partition coefficient (Wildman–Crippen LogP) is 5.58. The third-order valence-electron chi connectivity index (χ3n) is 6.10. The number of nitrogens with zero attached hydrogens (tertiary/aromatic N) is 1. The molecule has 0 unspecified atom stereocenters. The normalized spacial score (nSPS) is 23.7. The van der Waals surface area contributed by atoms with Gasteiger partial charge in [-0.3, -0.25) is 4.79 Å². The molecule has 2 aromatic rings. The van der Waals surface area contributed by atoms with E-state index in [2.05, 4.69) is 70.3 Å². The van der Waals surface area contributed by atoms with Crippen molar-refractivity contribution in [2.75, 3.05) is 5.32 Å². The fraction of sp³-hybridized carbons (Fsp3) is 0.417. The Morgan fingerprint density at radius 3 is 2.41 bits per heavy atom. The van der Waals surface area contributed by atoms with Crippen molar-refractivity contribution in [2.45, 2.75) is 58.8 Å². The summed E-state index contributed by atoms with van der Waals surface area (Å²) >= 11 is 0. The van der Waals surface area contributed by atoms with Gasteiger partial charge in [0.1, 0.15) is 5.82 Å². The van der Waals surface area contributed by atoms with Crippen molar-refractivity contribution in [1.82, 2.24) is 4.98 Å². The summed E-state index contributed by atoms with van der Waals surface area (Å²) in [7, 11) is 0. The summed E-state index contributed by atoms with van der Waals surface area (Å²) in [5.41, 5.74) is 5.01. The van der Waals surface area contributed by atoms with Gasteiger partial charge in [-0.2, -0.15) is 0 Å². The average molecular weight is 361 g/mol. The number of ketones is 1. The SMILES string of the molecule is CC(C)c1ccnc2c1[C@](C)(c1ccccc1)C1=C(CC(C)(C)CC1=O)N2. The summed E-state index contributed by atoms with van der Waals surface area (Å²) < 4.78 is 0. The van der Waals surface area contributed by atoms with Crippen LogP contribution < -0.4 is 5.32 Å². The van der Waals surface area contributed by atoms with Gasteiger partial charge in [-0.1, -0.05) is 58.0 Å². The molecule has 1 N–H and O–H groups in total. The monoisotopic (exact) mass is 360 g/mol. The lowest BCUT2D eigenvalue weighted by Crippen LogP contribution is -2.43. The largest absolute Gasteiger partial charge is 0.343 e. The molecule has 27 heavy (non-hydrogen) atoms. The Labute approximate surface area is 161 Å². The maximum atomic E-state index is 13.4. The summed E-state index contributed by atoms with van der Waals surface area (Å²) in [6.07, 6.45) is 3.33. The lowest BCUT2D eigenvalue weighted by atomic mass is 9.60. The van der Waals surface area contributed by atoms with Gasteiger partial charge in [0.2, 0.25) is 0 Å². The highest BCUT2D eigenvalue weighted by atomic mass is 16.1. The second kappa shape index (κ2) is 6.05. The second-order valence-corrected chi connectivity index (χ2v) is 9.19. The van der Waals surface area contributed by atoms with Crippen LogP contribution in [0.3, 0.4) is 0 Å². The van der Waals surface area contributed by atoms with E-state index >= 15 is 0 Å². The van der Waals surface area contributed by atoms with Gasteiger partial charge in [-0.15, -0.1) is 0 Å². The standard InChI is InChI=1S/C24H28N2O/c1-15(2)17-11-12-25-22-20(17)24(5,16-9-7-6-8-10-16)21-18(26-22)13-23(3,4)14-19(21)27/h6-12,15H,13-14H2,1-5H3,(H,25,26)/t24-/m0/s1. The summed E-state index contributed by atoms with van der Waals surface area (Å²) in [6.45, 7) is 11.0. The zero-order valence-corrected chi connectivity index (χ0v) is 16.9. The van der Waals surface area contributed by atoms with Crippen LogP contribution in [0.2, 0.25) is 0 Å². The van der Waals surface area contributed by atoms with Crippen LogP contribution >= 0.6 is 0 Å². The van der Waals surface area contributed by atoms with E-state index in [-0.39, 0.29) is 11.2 Å². The van der Waals surface area contributed by atoms with Gasteiger partial charge in [0.05, 0.1) is 5.41 Å². The number of rotatable bonds is 2. The van der Waals surface area contributed by atoms with E-state index in [4.69, 9.17) is 4.98 Å². The average Bonchev–Trinajstić information content (AvgIpc) is 2.60. The molecule has 1 aliphatic heterocycles. The Bertz CT molecular complexity index is 940. The molecule has 3 nitrogen and oxygen atoms in total. The highest BCUT2D eigenvalue weighted by Crippen LogP contribution is 2.53. The zero-order chi connectivity index (χ0) is 19.4. The first kappa shape index (κ1) is 18.0. The van der Waals surface area contributed by atoms with Gasteiger partial charge >= 0.3 is 0 Å². The number of aromatic nitrogens is 1. The minimum atomic E-state index is -0.487. The third kappa shape index (κ3) is 2.72. The summed E-state index contributed by atoms with van der Waals surface area (Å²) in [6, 6.07) is 12.5.